The number of hydrogen-bond acceptors (Lipinski definition) is 3. The molecule has 0 radical (unpaired) electrons. The first-order chi connectivity index (χ1) is 7.65. The van der Waals surface area contributed by atoms with Crippen LogP contribution < -0.4 is 5.11 Å². The minimum atomic E-state index is -1.04. The number of hydrogen-bond donors (Lipinski definition) is 0. The lowest BCUT2D eigenvalue weighted by Gasteiger charge is -2.06. The average Bonchev–Trinajstić information content (AvgIpc) is 2.52. The molecule has 1 aromatic carbocycles. The molecule has 0 bridgehead atoms. The highest BCUT2D eigenvalue weighted by Gasteiger charge is 2.13. The Labute approximate surface area is 98.1 Å². The van der Waals surface area contributed by atoms with Crippen LogP contribution in [0.15, 0.2) is 29.2 Å². The average molecular weight is 234 g/mol. The Hall–Kier alpha value is -1.42. The van der Waals surface area contributed by atoms with Gasteiger partial charge in [0.05, 0.1) is 0 Å². The topological polar surface area (TPSA) is 45.1 Å². The Kier molecular flexibility index (Phi) is 2.92. The summed E-state index contributed by atoms with van der Waals surface area (Å²) in [6.07, 6.45) is 1.92. The van der Waals surface area contributed by atoms with Crippen molar-refractivity contribution in [3.8, 4) is 0 Å². The van der Waals surface area contributed by atoms with Crippen LogP contribution in [0.3, 0.4) is 0 Å². The number of aryl methyl sites for hydroxylation is 1. The molecule has 0 fully saturated rings. The van der Waals surface area contributed by atoms with Gasteiger partial charge in [-0.25, -0.2) is 0 Å². The molecule has 0 aliphatic heterocycles. The number of carbonyl (C=O) groups excluding carboxylic acids is 1. The summed E-state index contributed by atoms with van der Waals surface area (Å²) in [7, 11) is 1.89. The van der Waals surface area contributed by atoms with Crippen LogP contribution in [0.4, 0.5) is 0 Å². The van der Waals surface area contributed by atoms with Crippen LogP contribution >= 0.6 is 11.8 Å². The molecule has 3 nitrogen and oxygen atoms in total. The summed E-state index contributed by atoms with van der Waals surface area (Å²) in [4.78, 5) is 11.8. The van der Waals surface area contributed by atoms with Crippen molar-refractivity contribution < 1.29 is 9.90 Å². The zero-order valence-electron chi connectivity index (χ0n) is 9.19. The number of carboxylic acids is 1. The molecule has 2 rings (SSSR count). The van der Waals surface area contributed by atoms with Crippen LogP contribution in [0, 0.1) is 0 Å². The highest BCUT2D eigenvalue weighted by Crippen LogP contribution is 2.32. The molecule has 84 valence electrons. The van der Waals surface area contributed by atoms with E-state index in [1.807, 2.05) is 42.1 Å². The summed E-state index contributed by atoms with van der Waals surface area (Å²) in [6, 6.07) is 7.92. The van der Waals surface area contributed by atoms with Crippen molar-refractivity contribution in [2.75, 3.05) is 6.26 Å². The molecule has 0 saturated heterocycles. The van der Waals surface area contributed by atoms with Crippen LogP contribution in [-0.2, 0) is 18.3 Å². The Bertz CT molecular complexity index is 545. The minimum Gasteiger partial charge on any atom is -0.550 e. The van der Waals surface area contributed by atoms with Gasteiger partial charge in [0.2, 0.25) is 0 Å². The molecule has 16 heavy (non-hydrogen) atoms. The number of aliphatic carboxylic acids is 1. The van der Waals surface area contributed by atoms with Crippen molar-refractivity contribution in [2.24, 2.45) is 7.05 Å². The molecule has 0 spiro atoms. The van der Waals surface area contributed by atoms with Gasteiger partial charge in [-0.05, 0) is 12.3 Å². The van der Waals surface area contributed by atoms with E-state index in [0.29, 0.717) is 0 Å². The summed E-state index contributed by atoms with van der Waals surface area (Å²) in [5.41, 5.74) is 1.87. The number of fused-ring (bicyclic) bond motifs is 1. The summed E-state index contributed by atoms with van der Waals surface area (Å²) in [6.45, 7) is 0. The number of aromatic nitrogens is 1. The fourth-order valence-electron chi connectivity index (χ4n) is 1.97. The van der Waals surface area contributed by atoms with Crippen molar-refractivity contribution >= 4 is 28.6 Å². The van der Waals surface area contributed by atoms with Crippen LogP contribution in [-0.4, -0.2) is 16.8 Å². The quantitative estimate of drug-likeness (QED) is 0.749. The number of rotatable bonds is 3. The number of carboxylic acid groups (broad SMARTS) is 1. The van der Waals surface area contributed by atoms with Gasteiger partial charge in [0.15, 0.2) is 0 Å². The fourth-order valence-corrected chi connectivity index (χ4v) is 2.81. The Balaban J connectivity index is 2.71. The molecule has 0 N–H and O–H groups in total. The zero-order valence-corrected chi connectivity index (χ0v) is 10.0. The minimum absolute atomic E-state index is 0.0403. The fraction of sp³-hybridized carbons (Fsp3) is 0.250. The summed E-state index contributed by atoms with van der Waals surface area (Å²) in [5.74, 6) is -1.04. The van der Waals surface area contributed by atoms with Gasteiger partial charge in [-0.15, -0.1) is 11.8 Å². The highest BCUT2D eigenvalue weighted by atomic mass is 32.2. The van der Waals surface area contributed by atoms with Crippen molar-refractivity contribution in [2.45, 2.75) is 11.3 Å². The second kappa shape index (κ2) is 4.22. The van der Waals surface area contributed by atoms with Crippen molar-refractivity contribution in [3.63, 3.8) is 0 Å². The SMILES string of the molecule is CSc1c(CC(=O)[O-])n(C)c2ccccc12. The predicted octanol–water partition coefficient (Wildman–Crippen LogP) is 1.19. The molecule has 0 saturated carbocycles. The van der Waals surface area contributed by atoms with Gasteiger partial charge in [-0.3, -0.25) is 0 Å². The predicted molar refractivity (Wildman–Crippen MR) is 63.4 cm³/mol. The Morgan fingerprint density at radius 3 is 2.75 bits per heavy atom. The lowest BCUT2D eigenvalue weighted by molar-refractivity contribution is -0.304. The van der Waals surface area contributed by atoms with Gasteiger partial charge >= 0.3 is 0 Å². The van der Waals surface area contributed by atoms with Gasteiger partial charge in [0.1, 0.15) is 0 Å². The molecule has 0 unspecified atom stereocenters. The first kappa shape index (κ1) is 11.1. The normalized spacial score (nSPS) is 10.9. The zero-order chi connectivity index (χ0) is 11.7. The summed E-state index contributed by atoms with van der Waals surface area (Å²) in [5, 5.41) is 11.8. The molecule has 1 heterocycles. The maximum absolute atomic E-state index is 10.7. The molecule has 0 atom stereocenters. The number of carbonyl (C=O) groups is 1. The third-order valence-corrected chi connectivity index (χ3v) is 3.56. The second-order valence-corrected chi connectivity index (χ2v) is 4.42. The largest absolute Gasteiger partial charge is 0.550 e. The van der Waals surface area contributed by atoms with E-state index >= 15 is 0 Å². The van der Waals surface area contributed by atoms with Crippen molar-refractivity contribution in [3.05, 3.63) is 30.0 Å². The van der Waals surface area contributed by atoms with E-state index in [9.17, 15) is 9.90 Å². The maximum Gasteiger partial charge on any atom is 0.0491 e. The molecule has 1 aromatic heterocycles. The molecular weight excluding hydrogens is 222 g/mol. The highest BCUT2D eigenvalue weighted by molar-refractivity contribution is 7.98. The first-order valence-electron chi connectivity index (χ1n) is 4.95. The monoisotopic (exact) mass is 234 g/mol. The molecule has 4 heteroatoms. The van der Waals surface area contributed by atoms with E-state index < -0.39 is 5.97 Å². The Morgan fingerprint density at radius 1 is 1.44 bits per heavy atom. The molecule has 2 aromatic rings. The molecule has 0 aliphatic rings. The lowest BCUT2D eigenvalue weighted by atomic mass is 10.2. The van der Waals surface area contributed by atoms with Crippen LogP contribution in [0.25, 0.3) is 10.9 Å². The standard InChI is InChI=1S/C12H13NO2S/c1-13-9-6-4-3-5-8(9)12(16-2)10(13)7-11(14)15/h3-6H,7H2,1-2H3,(H,14,15)/p-1. The third kappa shape index (κ3) is 1.69. The summed E-state index contributed by atoms with van der Waals surface area (Å²) < 4.78 is 1.93. The smallest absolute Gasteiger partial charge is 0.0491 e. The van der Waals surface area contributed by atoms with E-state index in [0.717, 1.165) is 21.5 Å². The third-order valence-electron chi connectivity index (χ3n) is 2.69. The number of thioether (sulfide) groups is 1. The number of nitrogens with zero attached hydrogens (tertiary/aromatic N) is 1. The molecule has 0 amide bonds. The summed E-state index contributed by atoms with van der Waals surface area (Å²) >= 11 is 1.58. The van der Waals surface area contributed by atoms with Gasteiger partial charge in [-0.1, -0.05) is 18.2 Å². The second-order valence-electron chi connectivity index (χ2n) is 3.60. The van der Waals surface area contributed by atoms with E-state index in [1.54, 1.807) is 11.8 Å². The van der Waals surface area contributed by atoms with Crippen LogP contribution in [0.2, 0.25) is 0 Å². The van der Waals surface area contributed by atoms with E-state index in [2.05, 4.69) is 0 Å². The van der Waals surface area contributed by atoms with Gasteiger partial charge in [0.25, 0.3) is 0 Å². The lowest BCUT2D eigenvalue weighted by Crippen LogP contribution is -2.25. The van der Waals surface area contributed by atoms with Gasteiger partial charge < -0.3 is 14.5 Å². The van der Waals surface area contributed by atoms with E-state index in [1.165, 1.54) is 0 Å². The van der Waals surface area contributed by atoms with Crippen LogP contribution in [0.1, 0.15) is 5.69 Å². The number of para-hydroxylation sites is 1. The van der Waals surface area contributed by atoms with Gasteiger partial charge in [-0.2, -0.15) is 0 Å². The van der Waals surface area contributed by atoms with Crippen LogP contribution in [0.5, 0.6) is 0 Å². The first-order valence-corrected chi connectivity index (χ1v) is 6.17. The molecular formula is C12H12NO2S-. The van der Waals surface area contributed by atoms with E-state index in [4.69, 9.17) is 0 Å². The molecule has 0 aliphatic carbocycles. The number of benzene rings is 1. The van der Waals surface area contributed by atoms with Crippen molar-refractivity contribution in [1.29, 1.82) is 0 Å². The Morgan fingerprint density at radius 2 is 2.12 bits per heavy atom. The van der Waals surface area contributed by atoms with E-state index in [-0.39, 0.29) is 6.42 Å². The van der Waals surface area contributed by atoms with Crippen molar-refractivity contribution in [1.82, 2.24) is 4.57 Å². The maximum atomic E-state index is 10.7. The van der Waals surface area contributed by atoms with Gasteiger partial charge in [0, 0.05) is 40.9 Å².